The van der Waals surface area contributed by atoms with Gasteiger partial charge in [0, 0.05) is 12.6 Å². The maximum absolute atomic E-state index is 12.5. The highest BCUT2D eigenvalue weighted by atomic mass is 16.3. The largest absolute Gasteiger partial charge is 0.396 e. The number of nitrogens with one attached hydrogen (secondary N) is 2. The van der Waals surface area contributed by atoms with E-state index in [0.717, 1.165) is 31.2 Å². The lowest BCUT2D eigenvalue weighted by Gasteiger charge is -2.27. The molecule has 118 valence electrons. The molecule has 3 rings (SSSR count). The van der Waals surface area contributed by atoms with Gasteiger partial charge in [0.2, 0.25) is 0 Å². The van der Waals surface area contributed by atoms with Gasteiger partial charge in [0.25, 0.3) is 5.91 Å². The molecule has 1 aliphatic carbocycles. The Labute approximate surface area is 128 Å². The van der Waals surface area contributed by atoms with Crippen LogP contribution >= 0.6 is 0 Å². The SMILES string of the molecule is O=C(NC1CCC(CO)CC1)c1cccc2[nH]c(CO)nc12. The highest BCUT2D eigenvalue weighted by Gasteiger charge is 2.23. The van der Waals surface area contributed by atoms with Crippen LogP contribution in [-0.4, -0.2) is 38.7 Å². The molecule has 1 aromatic carbocycles. The fourth-order valence-corrected chi connectivity index (χ4v) is 3.09. The number of aromatic amines is 1. The Morgan fingerprint density at radius 3 is 2.73 bits per heavy atom. The first-order chi connectivity index (χ1) is 10.7. The van der Waals surface area contributed by atoms with Crippen molar-refractivity contribution in [1.82, 2.24) is 15.3 Å². The molecule has 0 saturated heterocycles. The Bertz CT molecular complexity index is 660. The third-order valence-corrected chi connectivity index (χ3v) is 4.40. The summed E-state index contributed by atoms with van der Waals surface area (Å²) in [5.41, 5.74) is 1.87. The van der Waals surface area contributed by atoms with Crippen molar-refractivity contribution in [3.63, 3.8) is 0 Å². The molecule has 1 fully saturated rings. The summed E-state index contributed by atoms with van der Waals surface area (Å²) in [6, 6.07) is 5.55. The molecule has 0 bridgehead atoms. The van der Waals surface area contributed by atoms with Crippen LogP contribution in [0, 0.1) is 5.92 Å². The number of hydrogen-bond donors (Lipinski definition) is 4. The van der Waals surface area contributed by atoms with E-state index in [4.69, 9.17) is 10.2 Å². The number of benzene rings is 1. The van der Waals surface area contributed by atoms with Crippen molar-refractivity contribution in [1.29, 1.82) is 0 Å². The lowest BCUT2D eigenvalue weighted by Crippen LogP contribution is -2.38. The molecule has 1 aromatic heterocycles. The fourth-order valence-electron chi connectivity index (χ4n) is 3.09. The first-order valence-corrected chi connectivity index (χ1v) is 7.71. The van der Waals surface area contributed by atoms with E-state index >= 15 is 0 Å². The zero-order valence-corrected chi connectivity index (χ0v) is 12.4. The fraction of sp³-hybridized carbons (Fsp3) is 0.500. The van der Waals surface area contributed by atoms with Gasteiger partial charge in [-0.3, -0.25) is 4.79 Å². The Balaban J connectivity index is 1.74. The minimum absolute atomic E-state index is 0.131. The number of nitrogens with zero attached hydrogens (tertiary/aromatic N) is 1. The van der Waals surface area contributed by atoms with E-state index in [9.17, 15) is 4.79 Å². The van der Waals surface area contributed by atoms with Crippen LogP contribution in [0.5, 0.6) is 0 Å². The molecule has 1 aliphatic rings. The zero-order chi connectivity index (χ0) is 15.5. The van der Waals surface area contributed by atoms with Crippen molar-refractivity contribution < 1.29 is 15.0 Å². The molecular formula is C16H21N3O3. The molecule has 0 aliphatic heterocycles. The lowest BCUT2D eigenvalue weighted by molar-refractivity contribution is 0.0915. The molecule has 1 saturated carbocycles. The second-order valence-corrected chi connectivity index (χ2v) is 5.92. The number of imidazole rings is 1. The topological polar surface area (TPSA) is 98.2 Å². The van der Waals surface area contributed by atoms with E-state index in [1.165, 1.54) is 0 Å². The van der Waals surface area contributed by atoms with Gasteiger partial charge in [0.05, 0.1) is 11.1 Å². The summed E-state index contributed by atoms with van der Waals surface area (Å²) in [6.07, 6.45) is 3.69. The summed E-state index contributed by atoms with van der Waals surface area (Å²) in [6.45, 7) is 0.0537. The normalized spacial score (nSPS) is 21.9. The maximum atomic E-state index is 12.5. The molecule has 6 heteroatoms. The minimum Gasteiger partial charge on any atom is -0.396 e. The van der Waals surface area contributed by atoms with Gasteiger partial charge in [-0.15, -0.1) is 0 Å². The number of carbonyl (C=O) groups excluding carboxylic acids is 1. The van der Waals surface area contributed by atoms with Crippen molar-refractivity contribution in [3.05, 3.63) is 29.6 Å². The summed E-state index contributed by atoms with van der Waals surface area (Å²) in [7, 11) is 0. The molecule has 22 heavy (non-hydrogen) atoms. The Morgan fingerprint density at radius 2 is 2.05 bits per heavy atom. The van der Waals surface area contributed by atoms with Crippen molar-refractivity contribution in [3.8, 4) is 0 Å². The lowest BCUT2D eigenvalue weighted by atomic mass is 9.86. The summed E-state index contributed by atoms with van der Waals surface area (Å²) >= 11 is 0. The molecule has 4 N–H and O–H groups in total. The predicted molar refractivity (Wildman–Crippen MR) is 82.3 cm³/mol. The van der Waals surface area contributed by atoms with Gasteiger partial charge in [0.15, 0.2) is 0 Å². The highest BCUT2D eigenvalue weighted by Crippen LogP contribution is 2.24. The second-order valence-electron chi connectivity index (χ2n) is 5.92. The van der Waals surface area contributed by atoms with Crippen LogP contribution < -0.4 is 5.32 Å². The number of carbonyl (C=O) groups is 1. The van der Waals surface area contributed by atoms with Crippen LogP contribution in [0.4, 0.5) is 0 Å². The standard InChI is InChI=1S/C16H21N3O3/c20-8-10-4-6-11(7-5-10)17-16(22)12-2-1-3-13-15(12)19-14(9-21)18-13/h1-3,10-11,20-21H,4-9H2,(H,17,22)(H,18,19). The third kappa shape index (κ3) is 2.98. The van der Waals surface area contributed by atoms with E-state index in [1.54, 1.807) is 12.1 Å². The monoisotopic (exact) mass is 303 g/mol. The molecule has 1 heterocycles. The molecule has 0 spiro atoms. The number of fused-ring (bicyclic) bond motifs is 1. The molecule has 0 unspecified atom stereocenters. The number of aliphatic hydroxyl groups is 2. The van der Waals surface area contributed by atoms with Crippen molar-refractivity contribution >= 4 is 16.9 Å². The molecule has 1 amide bonds. The molecular weight excluding hydrogens is 282 g/mol. The van der Waals surface area contributed by atoms with Crippen LogP contribution in [0.3, 0.4) is 0 Å². The molecule has 6 nitrogen and oxygen atoms in total. The number of amides is 1. The van der Waals surface area contributed by atoms with Gasteiger partial charge < -0.3 is 20.5 Å². The van der Waals surface area contributed by atoms with E-state index in [2.05, 4.69) is 15.3 Å². The highest BCUT2D eigenvalue weighted by molar-refractivity contribution is 6.05. The number of aliphatic hydroxyl groups excluding tert-OH is 2. The Hall–Kier alpha value is -1.92. The van der Waals surface area contributed by atoms with Crippen molar-refractivity contribution in [2.24, 2.45) is 5.92 Å². The Kier molecular flexibility index (Phi) is 4.40. The third-order valence-electron chi connectivity index (χ3n) is 4.40. The van der Waals surface area contributed by atoms with E-state index in [0.29, 0.717) is 22.8 Å². The van der Waals surface area contributed by atoms with Crippen LogP contribution in [0.15, 0.2) is 18.2 Å². The zero-order valence-electron chi connectivity index (χ0n) is 12.4. The average molecular weight is 303 g/mol. The van der Waals surface area contributed by atoms with Gasteiger partial charge in [-0.1, -0.05) is 6.07 Å². The molecule has 0 atom stereocenters. The quantitative estimate of drug-likeness (QED) is 0.685. The summed E-state index contributed by atoms with van der Waals surface area (Å²) in [5, 5.41) is 21.4. The number of aromatic nitrogens is 2. The maximum Gasteiger partial charge on any atom is 0.253 e. The number of H-pyrrole nitrogens is 1. The number of rotatable bonds is 4. The molecule has 2 aromatic rings. The summed E-state index contributed by atoms with van der Waals surface area (Å²) in [4.78, 5) is 19.8. The van der Waals surface area contributed by atoms with Gasteiger partial charge >= 0.3 is 0 Å². The predicted octanol–water partition coefficient (Wildman–Crippen LogP) is 1.34. The van der Waals surface area contributed by atoms with E-state index in [-0.39, 0.29) is 25.2 Å². The smallest absolute Gasteiger partial charge is 0.253 e. The van der Waals surface area contributed by atoms with Crippen molar-refractivity contribution in [2.45, 2.75) is 38.3 Å². The van der Waals surface area contributed by atoms with Gasteiger partial charge in [-0.05, 0) is 43.7 Å². The average Bonchev–Trinajstić information content (AvgIpc) is 2.98. The number of para-hydroxylation sites is 1. The number of hydrogen-bond acceptors (Lipinski definition) is 4. The first kappa shape index (κ1) is 15.0. The van der Waals surface area contributed by atoms with Crippen molar-refractivity contribution in [2.75, 3.05) is 6.61 Å². The van der Waals surface area contributed by atoms with Crippen LogP contribution in [0.25, 0.3) is 11.0 Å². The van der Waals surface area contributed by atoms with E-state index < -0.39 is 0 Å². The summed E-state index contributed by atoms with van der Waals surface area (Å²) < 4.78 is 0. The second kappa shape index (κ2) is 6.46. The van der Waals surface area contributed by atoms with Crippen LogP contribution in [0.1, 0.15) is 41.9 Å². The summed E-state index contributed by atoms with van der Waals surface area (Å²) in [5.74, 6) is 0.697. The van der Waals surface area contributed by atoms with Crippen LogP contribution in [-0.2, 0) is 6.61 Å². The van der Waals surface area contributed by atoms with Gasteiger partial charge in [0.1, 0.15) is 17.9 Å². The molecule has 0 radical (unpaired) electrons. The first-order valence-electron chi connectivity index (χ1n) is 7.71. The van der Waals surface area contributed by atoms with Gasteiger partial charge in [-0.2, -0.15) is 0 Å². The van der Waals surface area contributed by atoms with Gasteiger partial charge in [-0.25, -0.2) is 4.98 Å². The minimum atomic E-state index is -0.180. The van der Waals surface area contributed by atoms with Crippen LogP contribution in [0.2, 0.25) is 0 Å². The van der Waals surface area contributed by atoms with E-state index in [1.807, 2.05) is 6.07 Å². The Morgan fingerprint density at radius 1 is 1.27 bits per heavy atom.